The van der Waals surface area contributed by atoms with Crippen LogP contribution in [0.3, 0.4) is 0 Å². The first kappa shape index (κ1) is 47.7. The molecule has 7 nitrogen and oxygen atoms in total. The monoisotopic (exact) mass is 774 g/mol. The number of ether oxygens (including phenoxy) is 3. The van der Waals surface area contributed by atoms with Crippen molar-refractivity contribution in [3.63, 3.8) is 0 Å². The molecule has 0 aromatic rings. The molecule has 0 aromatic heterocycles. The molecule has 4 bridgehead atoms. The first-order valence-electron chi connectivity index (χ1n) is 23.8. The summed E-state index contributed by atoms with van der Waals surface area (Å²) in [6, 6.07) is 0. The first-order chi connectivity index (χ1) is 26.6. The fraction of sp³-hybridized carbons (Fsp3) is 0.938. The normalized spacial score (nSPS) is 24.5. The van der Waals surface area contributed by atoms with E-state index in [1.807, 2.05) is 0 Å². The van der Waals surface area contributed by atoms with Crippen molar-refractivity contribution in [2.45, 2.75) is 215 Å². The van der Waals surface area contributed by atoms with Crippen LogP contribution in [0.2, 0.25) is 0 Å². The summed E-state index contributed by atoms with van der Waals surface area (Å²) in [6.07, 6.45) is 28.1. The van der Waals surface area contributed by atoms with Gasteiger partial charge in [-0.25, -0.2) is 0 Å². The maximum absolute atomic E-state index is 13.6. The molecule has 4 fully saturated rings. The van der Waals surface area contributed by atoms with Crippen molar-refractivity contribution < 1.29 is 28.6 Å². The van der Waals surface area contributed by atoms with Crippen LogP contribution in [0.5, 0.6) is 0 Å². The second-order valence-electron chi connectivity index (χ2n) is 19.1. The highest BCUT2D eigenvalue weighted by atomic mass is 16.5. The molecule has 4 saturated carbocycles. The van der Waals surface area contributed by atoms with Crippen LogP contribution < -0.4 is 0 Å². The Morgan fingerprint density at radius 1 is 0.527 bits per heavy atom. The third kappa shape index (κ3) is 17.0. The number of rotatable bonds is 32. The molecular weight excluding hydrogens is 687 g/mol. The summed E-state index contributed by atoms with van der Waals surface area (Å²) in [5.41, 5.74) is -0.393. The van der Waals surface area contributed by atoms with Gasteiger partial charge in [0.2, 0.25) is 0 Å². The number of esters is 3. The topological polar surface area (TPSA) is 82.1 Å². The quantitative estimate of drug-likeness (QED) is 0.0382. The minimum atomic E-state index is -0.169. The van der Waals surface area contributed by atoms with E-state index < -0.39 is 0 Å². The van der Waals surface area contributed by atoms with Gasteiger partial charge in [0.05, 0.1) is 19.8 Å². The van der Waals surface area contributed by atoms with Crippen LogP contribution in [0.15, 0.2) is 0 Å². The molecule has 4 rings (SSSR count). The maximum atomic E-state index is 13.6. The molecule has 0 heterocycles. The van der Waals surface area contributed by atoms with E-state index in [4.69, 9.17) is 14.2 Å². The van der Waals surface area contributed by atoms with E-state index in [1.54, 1.807) is 0 Å². The van der Waals surface area contributed by atoms with E-state index in [0.29, 0.717) is 56.8 Å². The molecule has 4 aliphatic carbocycles. The smallest absolute Gasteiger partial charge is 0.306 e. The van der Waals surface area contributed by atoms with E-state index in [9.17, 15) is 14.4 Å². The Morgan fingerprint density at radius 2 is 0.909 bits per heavy atom. The Balaban J connectivity index is 1.73. The van der Waals surface area contributed by atoms with Crippen LogP contribution in [-0.2, 0) is 28.6 Å². The SMILES string of the molecule is CCCCCC(CCCCC)CC(=O)OCC12CCC3(COC(=O)CCCN(CC)CC)CC(C1)CC(COC(=O)CC(CCCCC)CCCCC)(C3)C2. The zero-order chi connectivity index (χ0) is 40.0. The zero-order valence-corrected chi connectivity index (χ0v) is 37.0. The molecular formula is C48H87NO6. The predicted molar refractivity (Wildman–Crippen MR) is 226 cm³/mol. The minimum Gasteiger partial charge on any atom is -0.465 e. The number of carbonyl (C=O) groups is 3. The Kier molecular flexibility index (Phi) is 22.3. The van der Waals surface area contributed by atoms with Crippen molar-refractivity contribution in [2.24, 2.45) is 34.0 Å². The zero-order valence-electron chi connectivity index (χ0n) is 37.0. The first-order valence-corrected chi connectivity index (χ1v) is 23.8. The fourth-order valence-electron chi connectivity index (χ4n) is 11.2. The number of fused-ring (bicyclic) bond motifs is 1. The van der Waals surface area contributed by atoms with E-state index in [0.717, 1.165) is 96.7 Å². The van der Waals surface area contributed by atoms with Crippen molar-refractivity contribution in [2.75, 3.05) is 39.5 Å². The summed E-state index contributed by atoms with van der Waals surface area (Å²) in [5, 5.41) is 0. The maximum Gasteiger partial charge on any atom is 0.306 e. The molecule has 0 radical (unpaired) electrons. The fourth-order valence-corrected chi connectivity index (χ4v) is 11.2. The van der Waals surface area contributed by atoms with Gasteiger partial charge in [0.1, 0.15) is 0 Å². The summed E-state index contributed by atoms with van der Waals surface area (Å²) in [5.74, 6) is 1.10. The van der Waals surface area contributed by atoms with Crippen molar-refractivity contribution in [1.29, 1.82) is 0 Å². The van der Waals surface area contributed by atoms with Gasteiger partial charge in [0.15, 0.2) is 0 Å². The van der Waals surface area contributed by atoms with Crippen molar-refractivity contribution >= 4 is 17.9 Å². The molecule has 4 unspecified atom stereocenters. The van der Waals surface area contributed by atoms with Crippen LogP contribution >= 0.6 is 0 Å². The molecule has 4 aliphatic rings. The third-order valence-corrected chi connectivity index (χ3v) is 14.0. The summed E-state index contributed by atoms with van der Waals surface area (Å²) < 4.78 is 18.8. The molecule has 4 atom stereocenters. The molecule has 0 N–H and O–H groups in total. The van der Waals surface area contributed by atoms with E-state index in [2.05, 4.69) is 46.4 Å². The average Bonchev–Trinajstić information content (AvgIpc) is 3.34. The van der Waals surface area contributed by atoms with E-state index >= 15 is 0 Å². The number of unbranched alkanes of at least 4 members (excludes halogenated alkanes) is 8. The molecule has 0 spiro atoms. The van der Waals surface area contributed by atoms with Gasteiger partial charge in [-0.15, -0.1) is 0 Å². The van der Waals surface area contributed by atoms with Crippen molar-refractivity contribution in [3.05, 3.63) is 0 Å². The van der Waals surface area contributed by atoms with Gasteiger partial charge >= 0.3 is 17.9 Å². The van der Waals surface area contributed by atoms with Gasteiger partial charge in [0.25, 0.3) is 0 Å². The van der Waals surface area contributed by atoms with Crippen LogP contribution in [0.4, 0.5) is 0 Å². The highest BCUT2D eigenvalue weighted by Crippen LogP contribution is 2.66. The van der Waals surface area contributed by atoms with Crippen LogP contribution in [-0.4, -0.2) is 62.3 Å². The van der Waals surface area contributed by atoms with Gasteiger partial charge in [-0.3, -0.25) is 14.4 Å². The lowest BCUT2D eigenvalue weighted by Crippen LogP contribution is -2.50. The average molecular weight is 774 g/mol. The lowest BCUT2D eigenvalue weighted by molar-refractivity contribution is -0.164. The predicted octanol–water partition coefficient (Wildman–Crippen LogP) is 12.4. The largest absolute Gasteiger partial charge is 0.465 e. The number of hydrogen-bond donors (Lipinski definition) is 0. The van der Waals surface area contributed by atoms with Gasteiger partial charge in [0, 0.05) is 35.5 Å². The number of carbonyl (C=O) groups excluding carboxylic acids is 3. The van der Waals surface area contributed by atoms with Gasteiger partial charge in [-0.1, -0.05) is 119 Å². The minimum absolute atomic E-state index is 0.0305. The summed E-state index contributed by atoms with van der Waals surface area (Å²) >= 11 is 0. The standard InChI is InChI=1S/C48H87NO6/c1-7-13-17-22-40(23-18-14-8-2)30-44(51)54-38-47-28-27-46(37-53-43(50)26-21-29-49(11-5)12-6)32-42(33-47)34-48(35-46,36-47)39-55-45(52)31-41(24-19-15-9-3)25-20-16-10-4/h40-42H,7-39H2,1-6H3. The van der Waals surface area contributed by atoms with Crippen LogP contribution in [0.25, 0.3) is 0 Å². The van der Waals surface area contributed by atoms with Crippen molar-refractivity contribution in [3.8, 4) is 0 Å². The van der Waals surface area contributed by atoms with Crippen molar-refractivity contribution in [1.82, 2.24) is 4.90 Å². The summed E-state index contributed by atoms with van der Waals surface area (Å²) in [4.78, 5) is 42.6. The van der Waals surface area contributed by atoms with Crippen LogP contribution in [0.1, 0.15) is 215 Å². The second-order valence-corrected chi connectivity index (χ2v) is 19.1. The van der Waals surface area contributed by atoms with Crippen LogP contribution in [0, 0.1) is 34.0 Å². The van der Waals surface area contributed by atoms with Gasteiger partial charge in [-0.05, 0) is 114 Å². The highest BCUT2D eigenvalue weighted by Gasteiger charge is 2.60. The Morgan fingerprint density at radius 3 is 1.31 bits per heavy atom. The van der Waals surface area contributed by atoms with Gasteiger partial charge in [-0.2, -0.15) is 0 Å². The summed E-state index contributed by atoms with van der Waals surface area (Å²) in [7, 11) is 0. The molecule has 0 saturated heterocycles. The number of hydrogen-bond acceptors (Lipinski definition) is 7. The van der Waals surface area contributed by atoms with E-state index in [1.165, 1.54) is 77.0 Å². The summed E-state index contributed by atoms with van der Waals surface area (Å²) in [6.45, 7) is 17.6. The molecule has 0 amide bonds. The van der Waals surface area contributed by atoms with Gasteiger partial charge < -0.3 is 19.1 Å². The highest BCUT2D eigenvalue weighted by molar-refractivity contribution is 5.70. The molecule has 320 valence electrons. The Bertz CT molecular complexity index is 1070. The molecule has 7 heteroatoms. The molecule has 55 heavy (non-hydrogen) atoms. The molecule has 0 aliphatic heterocycles. The van der Waals surface area contributed by atoms with E-state index in [-0.39, 0.29) is 34.2 Å². The lowest BCUT2D eigenvalue weighted by atomic mass is 9.51. The Labute approximate surface area is 338 Å². The second kappa shape index (κ2) is 25.7. The molecule has 0 aromatic carbocycles. The number of nitrogens with zero attached hydrogens (tertiary/aromatic N) is 1. The lowest BCUT2D eigenvalue weighted by Gasteiger charge is -2.54. The Hall–Kier alpha value is -1.63. The third-order valence-electron chi connectivity index (χ3n) is 14.0.